The van der Waals surface area contributed by atoms with E-state index in [1.165, 1.54) is 6.07 Å². The van der Waals surface area contributed by atoms with Gasteiger partial charge in [0.1, 0.15) is 5.75 Å². The summed E-state index contributed by atoms with van der Waals surface area (Å²) >= 11 is 0. The van der Waals surface area contributed by atoms with Gasteiger partial charge in [-0.05, 0) is 25.2 Å². The Kier molecular flexibility index (Phi) is 3.79. The van der Waals surface area contributed by atoms with Gasteiger partial charge < -0.3 is 10.1 Å². The highest BCUT2D eigenvalue weighted by atomic mass is 19.1. The second-order valence-electron chi connectivity index (χ2n) is 4.72. The summed E-state index contributed by atoms with van der Waals surface area (Å²) < 4.78 is 19.7. The average molecular weight is 282 g/mol. The first kappa shape index (κ1) is 13.5. The summed E-state index contributed by atoms with van der Waals surface area (Å²) in [6, 6.07) is 14.5. The van der Waals surface area contributed by atoms with Gasteiger partial charge in [-0.15, -0.1) is 0 Å². The lowest BCUT2D eigenvalue weighted by Crippen LogP contribution is -2.07. The molecule has 0 fully saturated rings. The topological polar surface area (TPSA) is 34.1 Å². The molecule has 3 rings (SSSR count). The van der Waals surface area contributed by atoms with E-state index in [4.69, 9.17) is 4.74 Å². The van der Waals surface area contributed by atoms with Crippen LogP contribution >= 0.6 is 0 Å². The van der Waals surface area contributed by atoms with Crippen LogP contribution in [-0.4, -0.2) is 12.0 Å². The molecule has 0 atom stereocenters. The molecule has 21 heavy (non-hydrogen) atoms. The van der Waals surface area contributed by atoms with E-state index in [2.05, 4.69) is 10.3 Å². The number of nitrogens with one attached hydrogen (secondary N) is 1. The number of ether oxygens (including phenoxy) is 1. The van der Waals surface area contributed by atoms with Crippen molar-refractivity contribution in [3.05, 3.63) is 66.1 Å². The fraction of sp³-hybridized carbons (Fsp3) is 0.118. The van der Waals surface area contributed by atoms with Gasteiger partial charge in [-0.1, -0.05) is 30.3 Å². The van der Waals surface area contributed by atoms with Gasteiger partial charge in [0.15, 0.2) is 11.6 Å². The van der Waals surface area contributed by atoms with E-state index in [0.717, 1.165) is 16.5 Å². The molecule has 0 aliphatic carbocycles. The van der Waals surface area contributed by atoms with E-state index in [0.29, 0.717) is 12.3 Å². The zero-order valence-electron chi connectivity index (χ0n) is 11.6. The Morgan fingerprint density at radius 1 is 1.14 bits per heavy atom. The molecule has 0 spiro atoms. The summed E-state index contributed by atoms with van der Waals surface area (Å²) in [5, 5.41) is 3.96. The monoisotopic (exact) mass is 282 g/mol. The maximum absolute atomic E-state index is 14.0. The maximum atomic E-state index is 14.0. The predicted octanol–water partition coefficient (Wildman–Crippen LogP) is 3.89. The standard InChI is InChI=1S/C17H15FN2O/c1-19-10-13-6-4-7-15(18)17(13)21-14-9-12-5-2-3-8-16(12)20-11-14/h2-9,11,19H,10H2,1H3. The Hall–Kier alpha value is -2.46. The van der Waals surface area contributed by atoms with Crippen LogP contribution < -0.4 is 10.1 Å². The van der Waals surface area contributed by atoms with Crippen molar-refractivity contribution in [2.75, 3.05) is 7.05 Å². The van der Waals surface area contributed by atoms with Gasteiger partial charge in [0.25, 0.3) is 0 Å². The molecule has 0 aliphatic heterocycles. The number of rotatable bonds is 4. The molecule has 3 nitrogen and oxygen atoms in total. The highest BCUT2D eigenvalue weighted by Gasteiger charge is 2.11. The molecule has 1 aromatic heterocycles. The number of benzene rings is 2. The molecule has 0 amide bonds. The molecule has 3 aromatic rings. The summed E-state index contributed by atoms with van der Waals surface area (Å²) in [5.41, 5.74) is 1.65. The van der Waals surface area contributed by atoms with Crippen LogP contribution in [0.3, 0.4) is 0 Å². The second kappa shape index (κ2) is 5.89. The first-order chi connectivity index (χ1) is 10.3. The van der Waals surface area contributed by atoms with E-state index in [-0.39, 0.29) is 11.6 Å². The first-order valence-corrected chi connectivity index (χ1v) is 6.72. The first-order valence-electron chi connectivity index (χ1n) is 6.72. The molecule has 0 aliphatic rings. The largest absolute Gasteiger partial charge is 0.452 e. The van der Waals surface area contributed by atoms with Crippen LogP contribution in [0.4, 0.5) is 4.39 Å². The Morgan fingerprint density at radius 3 is 2.86 bits per heavy atom. The zero-order valence-corrected chi connectivity index (χ0v) is 11.6. The Bertz CT molecular complexity index is 774. The number of fused-ring (bicyclic) bond motifs is 1. The molecular weight excluding hydrogens is 267 g/mol. The minimum absolute atomic E-state index is 0.240. The minimum atomic E-state index is -0.379. The van der Waals surface area contributed by atoms with Crippen molar-refractivity contribution in [3.8, 4) is 11.5 Å². The summed E-state index contributed by atoms with van der Waals surface area (Å²) in [7, 11) is 1.81. The lowest BCUT2D eigenvalue weighted by atomic mass is 10.2. The molecule has 4 heteroatoms. The third kappa shape index (κ3) is 2.85. The predicted molar refractivity (Wildman–Crippen MR) is 81.0 cm³/mol. The highest BCUT2D eigenvalue weighted by molar-refractivity contribution is 5.79. The number of hydrogen-bond acceptors (Lipinski definition) is 3. The van der Waals surface area contributed by atoms with Gasteiger partial charge in [-0.25, -0.2) is 4.39 Å². The summed E-state index contributed by atoms with van der Waals surface area (Å²) in [5.74, 6) is 0.385. The molecule has 106 valence electrons. The van der Waals surface area contributed by atoms with Gasteiger partial charge in [0.2, 0.25) is 0 Å². The number of hydrogen-bond donors (Lipinski definition) is 1. The van der Waals surface area contributed by atoms with Crippen molar-refractivity contribution in [1.82, 2.24) is 10.3 Å². The Morgan fingerprint density at radius 2 is 2.00 bits per heavy atom. The van der Waals surface area contributed by atoms with Gasteiger partial charge in [-0.3, -0.25) is 4.98 Å². The van der Waals surface area contributed by atoms with Crippen LogP contribution in [0.5, 0.6) is 11.5 Å². The van der Waals surface area contributed by atoms with E-state index in [1.807, 2.05) is 43.4 Å². The number of para-hydroxylation sites is 2. The van der Waals surface area contributed by atoms with Crippen molar-refractivity contribution in [3.63, 3.8) is 0 Å². The van der Waals surface area contributed by atoms with E-state index in [9.17, 15) is 4.39 Å². The fourth-order valence-electron chi connectivity index (χ4n) is 2.22. The number of pyridine rings is 1. The quantitative estimate of drug-likeness (QED) is 0.788. The lowest BCUT2D eigenvalue weighted by Gasteiger charge is -2.12. The Balaban J connectivity index is 1.98. The maximum Gasteiger partial charge on any atom is 0.167 e. The molecule has 2 aromatic carbocycles. The van der Waals surface area contributed by atoms with Crippen LogP contribution in [0.1, 0.15) is 5.56 Å². The number of nitrogens with zero attached hydrogens (tertiary/aromatic N) is 1. The van der Waals surface area contributed by atoms with E-state index >= 15 is 0 Å². The molecule has 0 saturated carbocycles. The van der Waals surface area contributed by atoms with Crippen LogP contribution in [-0.2, 0) is 6.54 Å². The molecule has 0 unspecified atom stereocenters. The second-order valence-corrected chi connectivity index (χ2v) is 4.72. The Labute approximate surface area is 122 Å². The molecule has 1 N–H and O–H groups in total. The molecule has 0 saturated heterocycles. The molecular formula is C17H15FN2O. The van der Waals surface area contributed by atoms with E-state index in [1.54, 1.807) is 12.3 Å². The normalized spacial score (nSPS) is 10.8. The summed E-state index contributed by atoms with van der Waals surface area (Å²) in [6.45, 7) is 0.536. The smallest absolute Gasteiger partial charge is 0.167 e. The van der Waals surface area contributed by atoms with Crippen LogP contribution in [0.25, 0.3) is 10.9 Å². The molecule has 1 heterocycles. The van der Waals surface area contributed by atoms with Crippen molar-refractivity contribution in [2.45, 2.75) is 6.54 Å². The third-order valence-corrected chi connectivity index (χ3v) is 3.20. The zero-order chi connectivity index (χ0) is 14.7. The number of aromatic nitrogens is 1. The fourth-order valence-corrected chi connectivity index (χ4v) is 2.22. The molecule has 0 radical (unpaired) electrons. The number of halogens is 1. The SMILES string of the molecule is CNCc1cccc(F)c1Oc1cnc2ccccc2c1. The van der Waals surface area contributed by atoms with Crippen LogP contribution in [0, 0.1) is 5.82 Å². The highest BCUT2D eigenvalue weighted by Crippen LogP contribution is 2.29. The van der Waals surface area contributed by atoms with Crippen molar-refractivity contribution >= 4 is 10.9 Å². The van der Waals surface area contributed by atoms with Crippen LogP contribution in [0.2, 0.25) is 0 Å². The van der Waals surface area contributed by atoms with Crippen LogP contribution in [0.15, 0.2) is 54.7 Å². The summed E-state index contributed by atoms with van der Waals surface area (Å²) in [4.78, 5) is 4.32. The van der Waals surface area contributed by atoms with Gasteiger partial charge in [-0.2, -0.15) is 0 Å². The van der Waals surface area contributed by atoms with Gasteiger partial charge in [0.05, 0.1) is 11.7 Å². The average Bonchev–Trinajstić information content (AvgIpc) is 2.51. The summed E-state index contributed by atoms with van der Waals surface area (Å²) in [6.07, 6.45) is 1.61. The van der Waals surface area contributed by atoms with Crippen molar-refractivity contribution in [2.24, 2.45) is 0 Å². The third-order valence-electron chi connectivity index (χ3n) is 3.20. The lowest BCUT2D eigenvalue weighted by molar-refractivity contribution is 0.434. The van der Waals surface area contributed by atoms with Gasteiger partial charge in [0, 0.05) is 17.5 Å². The van der Waals surface area contributed by atoms with Crippen molar-refractivity contribution < 1.29 is 9.13 Å². The van der Waals surface area contributed by atoms with E-state index < -0.39 is 0 Å². The minimum Gasteiger partial charge on any atom is -0.452 e. The van der Waals surface area contributed by atoms with Gasteiger partial charge >= 0.3 is 0 Å². The van der Waals surface area contributed by atoms with Crippen molar-refractivity contribution in [1.29, 1.82) is 0 Å². The molecule has 0 bridgehead atoms.